The first-order valence-corrected chi connectivity index (χ1v) is 17.5. The summed E-state index contributed by atoms with van der Waals surface area (Å²) in [5.74, 6) is -0.936. The van der Waals surface area contributed by atoms with Gasteiger partial charge in [-0.1, -0.05) is 0 Å². The third kappa shape index (κ3) is 8.12. The summed E-state index contributed by atoms with van der Waals surface area (Å²) in [5.41, 5.74) is 1.02. The monoisotopic (exact) mass is 465 g/mol. The molecule has 1 aromatic rings. The van der Waals surface area contributed by atoms with Gasteiger partial charge in [0.05, 0.1) is 0 Å². The predicted octanol–water partition coefficient (Wildman–Crippen LogP) is 6.26. The second-order valence-electron chi connectivity index (χ2n) is 7.29. The van der Waals surface area contributed by atoms with Gasteiger partial charge in [-0.25, -0.2) is 0 Å². The standard InChI is InChI=1S/C10H9NO2.3C4H9.Sn/c11-7-9(10(12)13)6-8-4-2-1-3-5-8;3*1-3-4-2;/h1-5,9H,6H2,(H,12,13);3*1,3-4H2,2H3;/q;;;;+1/p-1. The number of benzene rings is 1. The molecule has 144 valence electrons. The SMILES string of the molecule is CCC[CH2][Sn]([CH2]CCC)([CH2]CCC)[O]C(=O)C(C#N)Cc1ccccc1. The Labute approximate surface area is 164 Å². The van der Waals surface area contributed by atoms with Crippen molar-refractivity contribution in [1.82, 2.24) is 0 Å². The number of hydrogen-bond donors (Lipinski definition) is 0. The topological polar surface area (TPSA) is 50.1 Å². The molecular weight excluding hydrogens is 429 g/mol. The van der Waals surface area contributed by atoms with Gasteiger partial charge in [0.1, 0.15) is 0 Å². The van der Waals surface area contributed by atoms with Crippen LogP contribution in [0, 0.1) is 17.2 Å². The average molecular weight is 464 g/mol. The van der Waals surface area contributed by atoms with E-state index in [1.54, 1.807) is 0 Å². The zero-order valence-electron chi connectivity index (χ0n) is 16.8. The number of carbonyl (C=O) groups is 1. The Morgan fingerprint density at radius 2 is 1.50 bits per heavy atom. The summed E-state index contributed by atoms with van der Waals surface area (Å²) >= 11 is -3.00. The van der Waals surface area contributed by atoms with Crippen molar-refractivity contribution >= 4 is 24.8 Å². The van der Waals surface area contributed by atoms with Gasteiger partial charge in [0.25, 0.3) is 0 Å². The van der Waals surface area contributed by atoms with Crippen molar-refractivity contribution in [3.8, 4) is 6.07 Å². The summed E-state index contributed by atoms with van der Waals surface area (Å²) in [6.07, 6.45) is 7.31. The molecule has 0 fully saturated rings. The van der Waals surface area contributed by atoms with Crippen molar-refractivity contribution in [3.05, 3.63) is 35.9 Å². The van der Waals surface area contributed by atoms with Gasteiger partial charge >= 0.3 is 165 Å². The quantitative estimate of drug-likeness (QED) is 0.324. The van der Waals surface area contributed by atoms with Crippen LogP contribution in [0.25, 0.3) is 0 Å². The fourth-order valence-corrected chi connectivity index (χ4v) is 16.5. The number of carbonyl (C=O) groups excluding carboxylic acids is 1. The molecule has 0 aromatic heterocycles. The van der Waals surface area contributed by atoms with E-state index in [9.17, 15) is 10.1 Å². The van der Waals surface area contributed by atoms with Crippen molar-refractivity contribution in [2.24, 2.45) is 5.92 Å². The maximum atomic E-state index is 12.9. The summed E-state index contributed by atoms with van der Waals surface area (Å²) in [5, 5.41) is 9.56. The van der Waals surface area contributed by atoms with Gasteiger partial charge in [-0.3, -0.25) is 0 Å². The fourth-order valence-electron chi connectivity index (χ4n) is 3.34. The molecular formula is C22H35NO2Sn. The molecule has 0 saturated carbocycles. The zero-order valence-corrected chi connectivity index (χ0v) is 19.7. The van der Waals surface area contributed by atoms with Gasteiger partial charge < -0.3 is 0 Å². The normalized spacial score (nSPS) is 12.4. The van der Waals surface area contributed by atoms with E-state index in [0.29, 0.717) is 6.42 Å². The number of rotatable bonds is 13. The molecule has 1 aromatic carbocycles. The van der Waals surface area contributed by atoms with E-state index in [1.807, 2.05) is 30.3 Å². The maximum absolute atomic E-state index is 12.9. The summed E-state index contributed by atoms with van der Waals surface area (Å²) in [7, 11) is 0. The van der Waals surface area contributed by atoms with E-state index in [0.717, 1.165) is 57.4 Å². The Kier molecular flexibility index (Phi) is 11.7. The summed E-state index contributed by atoms with van der Waals surface area (Å²) in [6.45, 7) is 6.60. The van der Waals surface area contributed by atoms with Crippen molar-refractivity contribution in [2.75, 3.05) is 0 Å². The molecule has 0 radical (unpaired) electrons. The molecule has 0 amide bonds. The van der Waals surface area contributed by atoms with Gasteiger partial charge in [0.15, 0.2) is 0 Å². The third-order valence-electron chi connectivity index (χ3n) is 5.00. The molecule has 0 heterocycles. The molecule has 26 heavy (non-hydrogen) atoms. The summed E-state index contributed by atoms with van der Waals surface area (Å²) in [4.78, 5) is 12.9. The molecule has 1 unspecified atom stereocenters. The molecule has 0 aliphatic heterocycles. The summed E-state index contributed by atoms with van der Waals surface area (Å²) in [6, 6.07) is 12.0. The van der Waals surface area contributed by atoms with E-state index in [2.05, 4.69) is 26.8 Å². The van der Waals surface area contributed by atoms with Gasteiger partial charge in [-0.05, 0) is 0 Å². The van der Waals surface area contributed by atoms with Crippen LogP contribution in [0.4, 0.5) is 0 Å². The minimum atomic E-state index is -3.00. The second-order valence-corrected chi connectivity index (χ2v) is 18.9. The van der Waals surface area contributed by atoms with Crippen LogP contribution in [0.15, 0.2) is 30.3 Å². The van der Waals surface area contributed by atoms with E-state index < -0.39 is 24.7 Å². The Bertz CT molecular complexity index is 531. The molecule has 3 nitrogen and oxygen atoms in total. The minimum absolute atomic E-state index is 0.254. The van der Waals surface area contributed by atoms with Crippen LogP contribution in [-0.2, 0) is 14.3 Å². The fraction of sp³-hybridized carbons (Fsp3) is 0.636. The molecule has 4 heteroatoms. The zero-order chi connectivity index (χ0) is 19.3. The van der Waals surface area contributed by atoms with Crippen LogP contribution in [-0.4, -0.2) is 24.8 Å². The first-order valence-electron chi connectivity index (χ1n) is 10.3. The first-order chi connectivity index (χ1) is 12.6. The van der Waals surface area contributed by atoms with Crippen LogP contribution in [0.2, 0.25) is 13.3 Å². The van der Waals surface area contributed by atoms with Crippen LogP contribution in [0.5, 0.6) is 0 Å². The van der Waals surface area contributed by atoms with Crippen molar-refractivity contribution in [3.63, 3.8) is 0 Å². The number of hydrogen-bond acceptors (Lipinski definition) is 3. The molecule has 0 spiro atoms. The van der Waals surface area contributed by atoms with E-state index in [4.69, 9.17) is 3.07 Å². The van der Waals surface area contributed by atoms with Crippen molar-refractivity contribution < 1.29 is 7.87 Å². The summed E-state index contributed by atoms with van der Waals surface area (Å²) < 4.78 is 9.65. The van der Waals surface area contributed by atoms with E-state index >= 15 is 0 Å². The second kappa shape index (κ2) is 13.2. The predicted molar refractivity (Wildman–Crippen MR) is 110 cm³/mol. The first kappa shape index (κ1) is 23.0. The van der Waals surface area contributed by atoms with E-state index in [-0.39, 0.29) is 5.97 Å². The van der Waals surface area contributed by atoms with Gasteiger partial charge in [-0.2, -0.15) is 0 Å². The van der Waals surface area contributed by atoms with Gasteiger partial charge in [0, 0.05) is 0 Å². The molecule has 0 aliphatic rings. The van der Waals surface area contributed by atoms with Gasteiger partial charge in [-0.15, -0.1) is 0 Å². The molecule has 1 atom stereocenters. The molecule has 0 saturated heterocycles. The Balaban J connectivity index is 2.89. The average Bonchev–Trinajstić information content (AvgIpc) is 2.67. The number of nitrogens with zero attached hydrogens (tertiary/aromatic N) is 1. The third-order valence-corrected chi connectivity index (χ3v) is 17.6. The van der Waals surface area contributed by atoms with Crippen molar-refractivity contribution in [1.29, 1.82) is 5.26 Å². The molecule has 1 rings (SSSR count). The van der Waals surface area contributed by atoms with Crippen molar-refractivity contribution in [2.45, 2.75) is 79.0 Å². The Morgan fingerprint density at radius 1 is 1.00 bits per heavy atom. The molecule has 0 bridgehead atoms. The van der Waals surface area contributed by atoms with Crippen LogP contribution >= 0.6 is 0 Å². The van der Waals surface area contributed by atoms with Crippen LogP contribution in [0.3, 0.4) is 0 Å². The van der Waals surface area contributed by atoms with E-state index in [1.165, 1.54) is 0 Å². The Hall–Kier alpha value is -1.02. The van der Waals surface area contributed by atoms with Crippen LogP contribution in [0.1, 0.15) is 64.9 Å². The molecule has 0 aliphatic carbocycles. The van der Waals surface area contributed by atoms with Gasteiger partial charge in [0.2, 0.25) is 0 Å². The number of unbranched alkanes of at least 4 members (excludes halogenated alkanes) is 3. The van der Waals surface area contributed by atoms with Crippen LogP contribution < -0.4 is 0 Å². The molecule has 0 N–H and O–H groups in total. The number of nitriles is 1. The Morgan fingerprint density at radius 3 is 1.92 bits per heavy atom.